The van der Waals surface area contributed by atoms with Crippen LogP contribution in [0.4, 0.5) is 10.2 Å². The summed E-state index contributed by atoms with van der Waals surface area (Å²) in [6, 6.07) is 0.960. The Morgan fingerprint density at radius 1 is 1.32 bits per heavy atom. The van der Waals surface area contributed by atoms with E-state index in [0.717, 1.165) is 12.3 Å². The molecule has 7 heteroatoms. The Kier molecular flexibility index (Phi) is 3.64. The average molecular weight is 267 g/mol. The number of carboxylic acid groups (broad SMARTS) is 1. The number of carbonyl (C=O) groups is 2. The smallest absolute Gasteiger partial charge is 0.339 e. The summed E-state index contributed by atoms with van der Waals surface area (Å²) in [5, 5.41) is 9.06. The van der Waals surface area contributed by atoms with Crippen LogP contribution in [0.3, 0.4) is 0 Å². The maximum Gasteiger partial charge on any atom is 0.339 e. The Hall–Kier alpha value is -2.18. The Labute approximate surface area is 109 Å². The summed E-state index contributed by atoms with van der Waals surface area (Å²) >= 11 is 0. The zero-order valence-electron chi connectivity index (χ0n) is 10.5. The van der Waals surface area contributed by atoms with Gasteiger partial charge in [0.15, 0.2) is 0 Å². The summed E-state index contributed by atoms with van der Waals surface area (Å²) in [5.74, 6) is -1.65. The molecule has 0 aromatic carbocycles. The van der Waals surface area contributed by atoms with Gasteiger partial charge in [-0.25, -0.2) is 14.2 Å². The lowest BCUT2D eigenvalue weighted by atomic mass is 10.2. The predicted octanol–water partition coefficient (Wildman–Crippen LogP) is 0.587. The Morgan fingerprint density at radius 3 is 2.47 bits per heavy atom. The third-order valence-electron chi connectivity index (χ3n) is 3.09. The van der Waals surface area contributed by atoms with E-state index in [9.17, 15) is 14.0 Å². The van der Waals surface area contributed by atoms with Gasteiger partial charge in [-0.05, 0) is 6.07 Å². The molecule has 0 bridgehead atoms. The second-order valence-corrected chi connectivity index (χ2v) is 4.32. The fourth-order valence-corrected chi connectivity index (χ4v) is 2.07. The van der Waals surface area contributed by atoms with Crippen molar-refractivity contribution in [3.63, 3.8) is 0 Å². The summed E-state index contributed by atoms with van der Waals surface area (Å²) in [5.41, 5.74) is -0.156. The number of pyridine rings is 1. The molecular weight excluding hydrogens is 253 g/mol. The quantitative estimate of drug-likeness (QED) is 0.848. The van der Waals surface area contributed by atoms with Crippen molar-refractivity contribution < 1.29 is 19.1 Å². The highest BCUT2D eigenvalue weighted by molar-refractivity contribution is 5.93. The molecule has 0 atom stereocenters. The molecule has 0 aliphatic carbocycles. The van der Waals surface area contributed by atoms with Crippen molar-refractivity contribution in [3.8, 4) is 0 Å². The fraction of sp³-hybridized carbons (Fsp3) is 0.417. The zero-order valence-corrected chi connectivity index (χ0v) is 10.5. The second kappa shape index (κ2) is 5.21. The molecule has 1 amide bonds. The van der Waals surface area contributed by atoms with Gasteiger partial charge in [-0.1, -0.05) is 0 Å². The molecule has 1 saturated heterocycles. The van der Waals surface area contributed by atoms with Gasteiger partial charge in [0.1, 0.15) is 17.2 Å². The van der Waals surface area contributed by atoms with Crippen LogP contribution < -0.4 is 4.90 Å². The molecule has 1 N–H and O–H groups in total. The van der Waals surface area contributed by atoms with E-state index in [-0.39, 0.29) is 17.3 Å². The minimum Gasteiger partial charge on any atom is -0.478 e. The number of carbonyl (C=O) groups excluding carboxylic acids is 1. The number of aromatic carboxylic acids is 1. The van der Waals surface area contributed by atoms with Crippen molar-refractivity contribution in [2.24, 2.45) is 0 Å². The first-order valence-corrected chi connectivity index (χ1v) is 5.88. The largest absolute Gasteiger partial charge is 0.478 e. The minimum atomic E-state index is -1.21. The molecule has 1 aliphatic heterocycles. The van der Waals surface area contributed by atoms with Gasteiger partial charge in [-0.15, -0.1) is 0 Å². The molecule has 2 heterocycles. The monoisotopic (exact) mass is 267 g/mol. The van der Waals surface area contributed by atoms with E-state index < -0.39 is 11.8 Å². The average Bonchev–Trinajstić information content (AvgIpc) is 2.38. The molecule has 19 heavy (non-hydrogen) atoms. The minimum absolute atomic E-state index is 0.00910. The number of halogens is 1. The highest BCUT2D eigenvalue weighted by atomic mass is 19.1. The zero-order chi connectivity index (χ0) is 14.0. The van der Waals surface area contributed by atoms with Crippen LogP contribution in [0.2, 0.25) is 0 Å². The van der Waals surface area contributed by atoms with Crippen LogP contribution in [0, 0.1) is 5.82 Å². The third-order valence-corrected chi connectivity index (χ3v) is 3.09. The number of anilines is 1. The molecule has 1 aromatic heterocycles. The summed E-state index contributed by atoms with van der Waals surface area (Å²) in [6.07, 6.45) is 0.999. The molecule has 0 unspecified atom stereocenters. The molecule has 102 valence electrons. The number of rotatable bonds is 2. The SMILES string of the molecule is CC(=O)N1CCN(c2ncc(F)cc2C(=O)O)CC1. The van der Waals surface area contributed by atoms with Crippen molar-refractivity contribution in [3.05, 3.63) is 23.6 Å². The van der Waals surface area contributed by atoms with Crippen LogP contribution in [0.25, 0.3) is 0 Å². The van der Waals surface area contributed by atoms with Gasteiger partial charge in [0.05, 0.1) is 6.20 Å². The van der Waals surface area contributed by atoms with Gasteiger partial charge in [-0.3, -0.25) is 4.79 Å². The summed E-state index contributed by atoms with van der Waals surface area (Å²) < 4.78 is 13.0. The van der Waals surface area contributed by atoms with E-state index in [2.05, 4.69) is 4.98 Å². The van der Waals surface area contributed by atoms with Crippen molar-refractivity contribution in [2.45, 2.75) is 6.92 Å². The molecule has 2 rings (SSSR count). The molecule has 1 fully saturated rings. The third kappa shape index (κ3) is 2.81. The number of nitrogens with zero attached hydrogens (tertiary/aromatic N) is 3. The van der Waals surface area contributed by atoms with E-state index in [1.807, 2.05) is 0 Å². The van der Waals surface area contributed by atoms with Gasteiger partial charge >= 0.3 is 5.97 Å². The van der Waals surface area contributed by atoms with Crippen LogP contribution in [-0.2, 0) is 4.79 Å². The molecule has 0 radical (unpaired) electrons. The van der Waals surface area contributed by atoms with Crippen molar-refractivity contribution >= 4 is 17.7 Å². The lowest BCUT2D eigenvalue weighted by Crippen LogP contribution is -2.48. The summed E-state index contributed by atoms with van der Waals surface area (Å²) in [7, 11) is 0. The number of hydrogen-bond donors (Lipinski definition) is 1. The standard InChI is InChI=1S/C12H14FN3O3/c1-8(17)15-2-4-16(5-3-15)11-10(12(18)19)6-9(13)7-14-11/h6-7H,2-5H2,1H3,(H,18,19). The second-order valence-electron chi connectivity index (χ2n) is 4.32. The van der Waals surface area contributed by atoms with Crippen LogP contribution in [0.1, 0.15) is 17.3 Å². The number of piperazine rings is 1. The normalized spacial score (nSPS) is 15.5. The highest BCUT2D eigenvalue weighted by Gasteiger charge is 2.23. The number of amides is 1. The maximum absolute atomic E-state index is 13.0. The van der Waals surface area contributed by atoms with E-state index in [4.69, 9.17) is 5.11 Å². The molecule has 1 aromatic rings. The van der Waals surface area contributed by atoms with Crippen molar-refractivity contribution in [1.82, 2.24) is 9.88 Å². The molecule has 0 spiro atoms. The summed E-state index contributed by atoms with van der Waals surface area (Å²) in [6.45, 7) is 3.48. The first kappa shape index (κ1) is 13.3. The lowest BCUT2D eigenvalue weighted by molar-refractivity contribution is -0.129. The number of carboxylic acids is 1. The Balaban J connectivity index is 2.20. The van der Waals surface area contributed by atoms with Crippen molar-refractivity contribution in [1.29, 1.82) is 0 Å². The number of aromatic nitrogens is 1. The topological polar surface area (TPSA) is 73.7 Å². The molecule has 1 aliphatic rings. The van der Waals surface area contributed by atoms with Gasteiger partial charge in [0.2, 0.25) is 5.91 Å². The fourth-order valence-electron chi connectivity index (χ4n) is 2.07. The van der Waals surface area contributed by atoms with Crippen LogP contribution in [0.5, 0.6) is 0 Å². The van der Waals surface area contributed by atoms with Crippen LogP contribution in [0.15, 0.2) is 12.3 Å². The maximum atomic E-state index is 13.0. The van der Waals surface area contributed by atoms with E-state index in [1.54, 1.807) is 9.80 Å². The number of hydrogen-bond acceptors (Lipinski definition) is 4. The Bertz CT molecular complexity index is 513. The molecule has 6 nitrogen and oxygen atoms in total. The highest BCUT2D eigenvalue weighted by Crippen LogP contribution is 2.20. The van der Waals surface area contributed by atoms with Gasteiger partial charge in [0, 0.05) is 33.1 Å². The van der Waals surface area contributed by atoms with Crippen LogP contribution in [-0.4, -0.2) is 53.0 Å². The first-order valence-electron chi connectivity index (χ1n) is 5.88. The van der Waals surface area contributed by atoms with Crippen LogP contribution >= 0.6 is 0 Å². The predicted molar refractivity (Wildman–Crippen MR) is 65.6 cm³/mol. The summed E-state index contributed by atoms with van der Waals surface area (Å²) in [4.78, 5) is 29.6. The van der Waals surface area contributed by atoms with Gasteiger partial charge in [0.25, 0.3) is 0 Å². The Morgan fingerprint density at radius 2 is 1.95 bits per heavy atom. The molecule has 0 saturated carbocycles. The van der Waals surface area contributed by atoms with E-state index >= 15 is 0 Å². The van der Waals surface area contributed by atoms with E-state index in [0.29, 0.717) is 26.2 Å². The van der Waals surface area contributed by atoms with E-state index in [1.165, 1.54) is 6.92 Å². The molecular formula is C12H14FN3O3. The van der Waals surface area contributed by atoms with Gasteiger partial charge in [-0.2, -0.15) is 0 Å². The van der Waals surface area contributed by atoms with Crippen molar-refractivity contribution in [2.75, 3.05) is 31.1 Å². The lowest BCUT2D eigenvalue weighted by Gasteiger charge is -2.35. The first-order chi connectivity index (χ1) is 8.99. The van der Waals surface area contributed by atoms with Gasteiger partial charge < -0.3 is 14.9 Å².